The van der Waals surface area contributed by atoms with E-state index in [-0.39, 0.29) is 17.6 Å². The predicted molar refractivity (Wildman–Crippen MR) is 101 cm³/mol. The van der Waals surface area contributed by atoms with E-state index < -0.39 is 5.60 Å². The lowest BCUT2D eigenvalue weighted by molar-refractivity contribution is -0.0777. The van der Waals surface area contributed by atoms with Crippen molar-refractivity contribution in [1.82, 2.24) is 4.90 Å². The van der Waals surface area contributed by atoms with Crippen LogP contribution in [0, 0.1) is 0 Å². The molecule has 1 aliphatic rings. The third-order valence-electron chi connectivity index (χ3n) is 4.91. The largest absolute Gasteiger partial charge is 0.390 e. The van der Waals surface area contributed by atoms with Crippen LogP contribution in [0.15, 0.2) is 24.3 Å². The standard InChI is InChI=1S/C21H33NO3/c1-6-22(18-11-13-25-21(4,5)15-18)19(23)17-9-7-8-16(14-17)10-12-20(2,3)24/h7-9,14,18,24H,6,10-13,15H2,1-5H3. The number of nitrogens with zero attached hydrogens (tertiary/aromatic N) is 1. The van der Waals surface area contributed by atoms with Gasteiger partial charge in [0, 0.05) is 24.8 Å². The van der Waals surface area contributed by atoms with Gasteiger partial charge in [0.15, 0.2) is 0 Å². The third-order valence-corrected chi connectivity index (χ3v) is 4.91. The molecule has 1 aromatic rings. The summed E-state index contributed by atoms with van der Waals surface area (Å²) in [6, 6.07) is 8.05. The van der Waals surface area contributed by atoms with E-state index in [0.29, 0.717) is 19.6 Å². The maximum atomic E-state index is 13.1. The minimum Gasteiger partial charge on any atom is -0.390 e. The van der Waals surface area contributed by atoms with E-state index in [1.807, 2.05) is 49.9 Å². The summed E-state index contributed by atoms with van der Waals surface area (Å²) in [7, 11) is 0. The molecule has 1 unspecified atom stereocenters. The summed E-state index contributed by atoms with van der Waals surface area (Å²) in [5.74, 6) is 0.0929. The molecule has 0 spiro atoms. The van der Waals surface area contributed by atoms with Crippen LogP contribution in [0.5, 0.6) is 0 Å². The number of rotatable bonds is 6. The minimum absolute atomic E-state index is 0.0929. The number of carbonyl (C=O) groups is 1. The van der Waals surface area contributed by atoms with Gasteiger partial charge in [-0.3, -0.25) is 4.79 Å². The zero-order valence-corrected chi connectivity index (χ0v) is 16.3. The summed E-state index contributed by atoms with van der Waals surface area (Å²) >= 11 is 0. The fourth-order valence-electron chi connectivity index (χ4n) is 3.51. The second-order valence-corrected chi connectivity index (χ2v) is 8.36. The molecule has 4 nitrogen and oxygen atoms in total. The SMILES string of the molecule is CCN(C(=O)c1cccc(CCC(C)(C)O)c1)C1CCOC(C)(C)C1. The van der Waals surface area contributed by atoms with Gasteiger partial charge < -0.3 is 14.7 Å². The predicted octanol–water partition coefficient (Wildman–Crippen LogP) is 3.81. The van der Waals surface area contributed by atoms with Crippen LogP contribution in [0.2, 0.25) is 0 Å². The molecule has 0 saturated carbocycles. The summed E-state index contributed by atoms with van der Waals surface area (Å²) in [6.07, 6.45) is 3.20. The quantitative estimate of drug-likeness (QED) is 0.851. The molecule has 1 N–H and O–H groups in total. The normalized spacial score (nSPS) is 20.3. The van der Waals surface area contributed by atoms with Gasteiger partial charge in [0.1, 0.15) is 0 Å². The van der Waals surface area contributed by atoms with E-state index in [0.717, 1.165) is 30.4 Å². The average molecular weight is 347 g/mol. The number of carbonyl (C=O) groups excluding carboxylic acids is 1. The second kappa shape index (κ2) is 7.88. The molecule has 1 aromatic carbocycles. The summed E-state index contributed by atoms with van der Waals surface area (Å²) in [5, 5.41) is 9.92. The van der Waals surface area contributed by atoms with E-state index in [9.17, 15) is 9.90 Å². The van der Waals surface area contributed by atoms with Crippen molar-refractivity contribution in [2.45, 2.75) is 77.5 Å². The van der Waals surface area contributed by atoms with Crippen LogP contribution in [0.1, 0.15) is 69.8 Å². The third kappa shape index (κ3) is 5.82. The van der Waals surface area contributed by atoms with Crippen molar-refractivity contribution in [2.24, 2.45) is 0 Å². The number of benzene rings is 1. The monoisotopic (exact) mass is 347 g/mol. The van der Waals surface area contributed by atoms with Crippen molar-refractivity contribution in [3.05, 3.63) is 35.4 Å². The smallest absolute Gasteiger partial charge is 0.254 e. The fourth-order valence-corrected chi connectivity index (χ4v) is 3.51. The topological polar surface area (TPSA) is 49.8 Å². The molecule has 0 aromatic heterocycles. The average Bonchev–Trinajstić information content (AvgIpc) is 2.52. The van der Waals surface area contributed by atoms with Gasteiger partial charge in [-0.05, 0) is 78.0 Å². The van der Waals surface area contributed by atoms with Crippen molar-refractivity contribution in [1.29, 1.82) is 0 Å². The van der Waals surface area contributed by atoms with Crippen molar-refractivity contribution in [3.8, 4) is 0 Å². The first-order valence-electron chi connectivity index (χ1n) is 9.37. The summed E-state index contributed by atoms with van der Waals surface area (Å²) in [4.78, 5) is 15.1. The molecule has 1 atom stereocenters. The lowest BCUT2D eigenvalue weighted by atomic mass is 9.92. The van der Waals surface area contributed by atoms with E-state index >= 15 is 0 Å². The highest BCUT2D eigenvalue weighted by molar-refractivity contribution is 5.94. The molecule has 25 heavy (non-hydrogen) atoms. The first kappa shape index (κ1) is 19.9. The number of amides is 1. The molecule has 0 radical (unpaired) electrons. The Balaban J connectivity index is 2.12. The van der Waals surface area contributed by atoms with Gasteiger partial charge >= 0.3 is 0 Å². The van der Waals surface area contributed by atoms with Gasteiger partial charge in [0.05, 0.1) is 11.2 Å². The molecule has 1 fully saturated rings. The Morgan fingerprint density at radius 1 is 1.40 bits per heavy atom. The van der Waals surface area contributed by atoms with Gasteiger partial charge in [-0.25, -0.2) is 0 Å². The number of hydrogen-bond donors (Lipinski definition) is 1. The second-order valence-electron chi connectivity index (χ2n) is 8.36. The van der Waals surface area contributed by atoms with E-state index in [1.165, 1.54) is 0 Å². The molecule has 0 bridgehead atoms. The van der Waals surface area contributed by atoms with Gasteiger partial charge in [0.2, 0.25) is 0 Å². The van der Waals surface area contributed by atoms with E-state index in [2.05, 4.69) is 13.8 Å². The molecular formula is C21H33NO3. The van der Waals surface area contributed by atoms with Crippen LogP contribution in [0.4, 0.5) is 0 Å². The Hall–Kier alpha value is -1.39. The number of ether oxygens (including phenoxy) is 1. The Kier molecular flexibility index (Phi) is 6.28. The molecule has 1 saturated heterocycles. The van der Waals surface area contributed by atoms with Crippen LogP contribution in [-0.4, -0.2) is 46.3 Å². The summed E-state index contributed by atoms with van der Waals surface area (Å²) in [5.41, 5.74) is 0.963. The van der Waals surface area contributed by atoms with Crippen molar-refractivity contribution in [2.75, 3.05) is 13.2 Å². The molecule has 1 amide bonds. The van der Waals surface area contributed by atoms with Crippen LogP contribution in [0.25, 0.3) is 0 Å². The fraction of sp³-hybridized carbons (Fsp3) is 0.667. The first-order valence-corrected chi connectivity index (χ1v) is 9.37. The summed E-state index contributed by atoms with van der Waals surface area (Å²) < 4.78 is 5.80. The molecule has 1 aliphatic heterocycles. The lowest BCUT2D eigenvalue weighted by Crippen LogP contribution is -2.48. The highest BCUT2D eigenvalue weighted by atomic mass is 16.5. The van der Waals surface area contributed by atoms with Crippen molar-refractivity contribution in [3.63, 3.8) is 0 Å². The lowest BCUT2D eigenvalue weighted by Gasteiger charge is -2.41. The Labute approximate surface area is 152 Å². The number of aryl methyl sites for hydroxylation is 1. The van der Waals surface area contributed by atoms with Crippen molar-refractivity contribution < 1.29 is 14.6 Å². The van der Waals surface area contributed by atoms with Gasteiger partial charge in [-0.2, -0.15) is 0 Å². The summed E-state index contributed by atoms with van der Waals surface area (Å²) in [6.45, 7) is 11.3. The van der Waals surface area contributed by atoms with Crippen LogP contribution >= 0.6 is 0 Å². The van der Waals surface area contributed by atoms with E-state index in [4.69, 9.17) is 4.74 Å². The molecule has 140 valence electrons. The molecular weight excluding hydrogens is 314 g/mol. The van der Waals surface area contributed by atoms with Gasteiger partial charge in [0.25, 0.3) is 5.91 Å². The number of aliphatic hydroxyl groups is 1. The molecule has 2 rings (SSSR count). The first-order chi connectivity index (χ1) is 11.6. The zero-order chi connectivity index (χ0) is 18.7. The maximum absolute atomic E-state index is 13.1. The Morgan fingerprint density at radius 2 is 2.12 bits per heavy atom. The molecule has 0 aliphatic carbocycles. The zero-order valence-electron chi connectivity index (χ0n) is 16.3. The maximum Gasteiger partial charge on any atom is 0.254 e. The van der Waals surface area contributed by atoms with Crippen LogP contribution in [0.3, 0.4) is 0 Å². The highest BCUT2D eigenvalue weighted by Gasteiger charge is 2.34. The Morgan fingerprint density at radius 3 is 2.72 bits per heavy atom. The Bertz CT molecular complexity index is 589. The van der Waals surface area contributed by atoms with Gasteiger partial charge in [-0.1, -0.05) is 12.1 Å². The molecule has 1 heterocycles. The number of hydrogen-bond acceptors (Lipinski definition) is 3. The van der Waals surface area contributed by atoms with Crippen LogP contribution < -0.4 is 0 Å². The minimum atomic E-state index is -0.691. The van der Waals surface area contributed by atoms with E-state index in [1.54, 1.807) is 0 Å². The van der Waals surface area contributed by atoms with Crippen molar-refractivity contribution >= 4 is 5.91 Å². The van der Waals surface area contributed by atoms with Gasteiger partial charge in [-0.15, -0.1) is 0 Å². The van der Waals surface area contributed by atoms with Crippen LogP contribution in [-0.2, 0) is 11.2 Å². The highest BCUT2D eigenvalue weighted by Crippen LogP contribution is 2.28. The molecule has 4 heteroatoms.